The number of primary amides is 2. The van der Waals surface area contributed by atoms with Crippen molar-refractivity contribution in [3.05, 3.63) is 0 Å². The molecule has 0 aliphatic carbocycles. The van der Waals surface area contributed by atoms with Crippen molar-refractivity contribution in [2.24, 2.45) is 28.7 Å². The minimum Gasteiger partial charge on any atom is -0.369 e. The normalized spacial score (nSPS) is 12.2. The molecule has 0 spiro atoms. The van der Waals surface area contributed by atoms with Crippen molar-refractivity contribution < 1.29 is 9.59 Å². The number of carbonyl (C=O) groups is 2. The number of carbonyl (C=O) groups excluding carboxylic acids is 2. The molecule has 0 aliphatic rings. The third-order valence-corrected chi connectivity index (χ3v) is 2.64. The van der Waals surface area contributed by atoms with Gasteiger partial charge in [-0.25, -0.2) is 0 Å². The third-order valence-electron chi connectivity index (χ3n) is 2.64. The van der Waals surface area contributed by atoms with Gasteiger partial charge in [-0.15, -0.1) is 0 Å². The molecule has 0 bridgehead atoms. The van der Waals surface area contributed by atoms with Crippen LogP contribution in [0.1, 0.15) is 27.7 Å². The monoisotopic (exact) mass is 186 g/mol. The van der Waals surface area contributed by atoms with Crippen LogP contribution in [-0.2, 0) is 9.59 Å². The third kappa shape index (κ3) is 1.66. The Balaban J connectivity index is 5.32. The van der Waals surface area contributed by atoms with Crippen LogP contribution in [0.2, 0.25) is 0 Å². The summed E-state index contributed by atoms with van der Waals surface area (Å²) < 4.78 is 0. The van der Waals surface area contributed by atoms with Crippen molar-refractivity contribution >= 4 is 11.8 Å². The minimum absolute atomic E-state index is 0.178. The van der Waals surface area contributed by atoms with Gasteiger partial charge in [0.25, 0.3) is 0 Å². The molecule has 4 nitrogen and oxygen atoms in total. The van der Waals surface area contributed by atoms with E-state index in [2.05, 4.69) is 0 Å². The SMILES string of the molecule is CC(C)C(C(N)=O)(C(N)=O)C(C)C. The summed E-state index contributed by atoms with van der Waals surface area (Å²) in [6, 6.07) is 0. The second-order valence-electron chi connectivity index (χ2n) is 3.91. The summed E-state index contributed by atoms with van der Waals surface area (Å²) >= 11 is 0. The van der Waals surface area contributed by atoms with Crippen LogP contribution >= 0.6 is 0 Å². The maximum Gasteiger partial charge on any atom is 0.233 e. The van der Waals surface area contributed by atoms with Crippen molar-refractivity contribution in [3.8, 4) is 0 Å². The molecule has 76 valence electrons. The molecular formula is C9H18N2O2. The van der Waals surface area contributed by atoms with E-state index in [1.165, 1.54) is 0 Å². The molecule has 0 saturated heterocycles. The fourth-order valence-corrected chi connectivity index (χ4v) is 1.93. The van der Waals surface area contributed by atoms with Crippen LogP contribution in [-0.4, -0.2) is 11.8 Å². The number of rotatable bonds is 4. The molecule has 0 radical (unpaired) electrons. The van der Waals surface area contributed by atoms with Gasteiger partial charge in [0.15, 0.2) is 0 Å². The average Bonchev–Trinajstić information content (AvgIpc) is 1.82. The summed E-state index contributed by atoms with van der Waals surface area (Å²) in [5.74, 6) is -1.62. The maximum atomic E-state index is 11.3. The molecule has 0 aromatic carbocycles. The molecule has 0 aliphatic heterocycles. The first kappa shape index (κ1) is 11.9. The summed E-state index contributed by atoms with van der Waals surface area (Å²) in [5.41, 5.74) is 9.25. The van der Waals surface area contributed by atoms with Crippen LogP contribution in [0.4, 0.5) is 0 Å². The summed E-state index contributed by atoms with van der Waals surface area (Å²) in [7, 11) is 0. The van der Waals surface area contributed by atoms with Crippen molar-refractivity contribution in [2.75, 3.05) is 0 Å². The number of amides is 2. The highest BCUT2D eigenvalue weighted by Crippen LogP contribution is 2.35. The second kappa shape index (κ2) is 3.77. The van der Waals surface area contributed by atoms with Crippen molar-refractivity contribution in [3.63, 3.8) is 0 Å². The fraction of sp³-hybridized carbons (Fsp3) is 0.778. The van der Waals surface area contributed by atoms with Gasteiger partial charge in [0, 0.05) is 0 Å². The second-order valence-corrected chi connectivity index (χ2v) is 3.91. The van der Waals surface area contributed by atoms with Gasteiger partial charge in [-0.2, -0.15) is 0 Å². The first-order valence-corrected chi connectivity index (χ1v) is 4.37. The minimum atomic E-state index is -1.22. The number of nitrogens with two attached hydrogens (primary N) is 2. The maximum absolute atomic E-state index is 11.3. The summed E-state index contributed by atoms with van der Waals surface area (Å²) in [4.78, 5) is 22.5. The van der Waals surface area contributed by atoms with E-state index in [0.717, 1.165) is 0 Å². The van der Waals surface area contributed by atoms with Gasteiger partial charge >= 0.3 is 0 Å². The van der Waals surface area contributed by atoms with Gasteiger partial charge < -0.3 is 11.5 Å². The highest BCUT2D eigenvalue weighted by Gasteiger charge is 2.48. The lowest BCUT2D eigenvalue weighted by Gasteiger charge is -2.34. The van der Waals surface area contributed by atoms with E-state index in [1.807, 2.05) is 0 Å². The molecule has 0 atom stereocenters. The Labute approximate surface area is 78.7 Å². The quantitative estimate of drug-likeness (QED) is 0.617. The summed E-state index contributed by atoms with van der Waals surface area (Å²) in [6.07, 6.45) is 0. The van der Waals surface area contributed by atoms with E-state index in [0.29, 0.717) is 0 Å². The molecule has 4 heteroatoms. The van der Waals surface area contributed by atoms with E-state index in [1.54, 1.807) is 27.7 Å². The lowest BCUT2D eigenvalue weighted by atomic mass is 9.68. The van der Waals surface area contributed by atoms with Gasteiger partial charge in [0.05, 0.1) is 0 Å². The number of hydrogen-bond acceptors (Lipinski definition) is 2. The van der Waals surface area contributed by atoms with E-state index in [9.17, 15) is 9.59 Å². The lowest BCUT2D eigenvalue weighted by molar-refractivity contribution is -0.146. The number of hydrogen-bond donors (Lipinski definition) is 2. The van der Waals surface area contributed by atoms with Crippen LogP contribution in [0, 0.1) is 17.3 Å². The fourth-order valence-electron chi connectivity index (χ4n) is 1.93. The summed E-state index contributed by atoms with van der Waals surface area (Å²) in [5, 5.41) is 0. The van der Waals surface area contributed by atoms with E-state index < -0.39 is 17.2 Å². The van der Waals surface area contributed by atoms with E-state index >= 15 is 0 Å². The van der Waals surface area contributed by atoms with Crippen molar-refractivity contribution in [1.29, 1.82) is 0 Å². The predicted molar refractivity (Wildman–Crippen MR) is 50.5 cm³/mol. The molecule has 13 heavy (non-hydrogen) atoms. The first-order chi connectivity index (χ1) is 5.77. The highest BCUT2D eigenvalue weighted by molar-refractivity contribution is 6.04. The zero-order valence-electron chi connectivity index (χ0n) is 8.63. The highest BCUT2D eigenvalue weighted by atomic mass is 16.2. The molecular weight excluding hydrogens is 168 g/mol. The van der Waals surface area contributed by atoms with Gasteiger partial charge in [0.2, 0.25) is 11.8 Å². The summed E-state index contributed by atoms with van der Waals surface area (Å²) in [6.45, 7) is 7.09. The van der Waals surface area contributed by atoms with E-state index in [4.69, 9.17) is 11.5 Å². The molecule has 0 saturated carbocycles. The Hall–Kier alpha value is -1.06. The predicted octanol–water partition coefficient (Wildman–Crippen LogP) is 0.255. The Morgan fingerprint density at radius 1 is 0.923 bits per heavy atom. The molecule has 0 aromatic rings. The van der Waals surface area contributed by atoms with Crippen LogP contribution in [0.5, 0.6) is 0 Å². The lowest BCUT2D eigenvalue weighted by Crippen LogP contribution is -2.54. The van der Waals surface area contributed by atoms with Crippen LogP contribution in [0.25, 0.3) is 0 Å². The molecule has 0 rings (SSSR count). The Morgan fingerprint density at radius 3 is 1.15 bits per heavy atom. The zero-order chi connectivity index (χ0) is 10.8. The van der Waals surface area contributed by atoms with Gasteiger partial charge in [0.1, 0.15) is 5.41 Å². The topological polar surface area (TPSA) is 86.2 Å². The molecule has 0 heterocycles. The molecule has 0 unspecified atom stereocenters. The van der Waals surface area contributed by atoms with Crippen LogP contribution < -0.4 is 11.5 Å². The smallest absolute Gasteiger partial charge is 0.233 e. The molecule has 0 aromatic heterocycles. The Bertz CT molecular complexity index is 198. The van der Waals surface area contributed by atoms with Gasteiger partial charge in [-0.05, 0) is 11.8 Å². The van der Waals surface area contributed by atoms with Crippen molar-refractivity contribution in [2.45, 2.75) is 27.7 Å². The van der Waals surface area contributed by atoms with Crippen LogP contribution in [0.15, 0.2) is 0 Å². The zero-order valence-corrected chi connectivity index (χ0v) is 8.63. The largest absolute Gasteiger partial charge is 0.369 e. The Morgan fingerprint density at radius 2 is 1.15 bits per heavy atom. The first-order valence-electron chi connectivity index (χ1n) is 4.37. The van der Waals surface area contributed by atoms with Gasteiger partial charge in [-0.1, -0.05) is 27.7 Å². The Kier molecular flexibility index (Phi) is 3.46. The van der Waals surface area contributed by atoms with E-state index in [-0.39, 0.29) is 11.8 Å². The standard InChI is InChI=1S/C9H18N2O2/c1-5(2)9(6(3)4,7(10)12)8(11)13/h5-6H,1-4H3,(H2,10,12)(H2,11,13). The van der Waals surface area contributed by atoms with Crippen LogP contribution in [0.3, 0.4) is 0 Å². The average molecular weight is 186 g/mol. The molecule has 0 fully saturated rings. The molecule has 2 amide bonds. The van der Waals surface area contributed by atoms with Gasteiger partial charge in [-0.3, -0.25) is 9.59 Å². The molecule has 4 N–H and O–H groups in total. The van der Waals surface area contributed by atoms with Crippen molar-refractivity contribution in [1.82, 2.24) is 0 Å².